The van der Waals surface area contributed by atoms with Gasteiger partial charge in [-0.15, -0.1) is 0 Å². The first-order valence-electron chi connectivity index (χ1n) is 6.84. The van der Waals surface area contributed by atoms with Crippen molar-refractivity contribution in [2.45, 2.75) is 19.6 Å². The van der Waals surface area contributed by atoms with Crippen molar-refractivity contribution in [2.24, 2.45) is 0 Å². The van der Waals surface area contributed by atoms with Crippen LogP contribution in [-0.2, 0) is 6.61 Å². The van der Waals surface area contributed by atoms with Crippen LogP contribution in [0, 0.1) is 0 Å². The van der Waals surface area contributed by atoms with Gasteiger partial charge in [0, 0.05) is 23.3 Å². The summed E-state index contributed by atoms with van der Waals surface area (Å²) in [6, 6.07) is 13.6. The number of benzene rings is 2. The fourth-order valence-electron chi connectivity index (χ4n) is 2.29. The molecule has 0 amide bonds. The number of rotatable bonds is 4. The van der Waals surface area contributed by atoms with Gasteiger partial charge in [0.25, 0.3) is 0 Å². The van der Waals surface area contributed by atoms with E-state index in [4.69, 9.17) is 4.74 Å². The van der Waals surface area contributed by atoms with Gasteiger partial charge < -0.3 is 9.84 Å². The number of hydrogen-bond acceptors (Lipinski definition) is 4. The highest BCUT2D eigenvalue weighted by atomic mass is 16.5. The summed E-state index contributed by atoms with van der Waals surface area (Å²) in [5, 5.41) is 12.0. The van der Waals surface area contributed by atoms with Crippen LogP contribution >= 0.6 is 0 Å². The Morgan fingerprint density at radius 2 is 1.81 bits per heavy atom. The van der Waals surface area contributed by atoms with Gasteiger partial charge in [-0.25, -0.2) is 9.97 Å². The van der Waals surface area contributed by atoms with Gasteiger partial charge in [0.1, 0.15) is 12.4 Å². The fourth-order valence-corrected chi connectivity index (χ4v) is 2.29. The van der Waals surface area contributed by atoms with Gasteiger partial charge in [0.15, 0.2) is 5.82 Å². The number of aliphatic hydroxyl groups excluding tert-OH is 1. The Kier molecular flexibility index (Phi) is 3.79. The Hall–Kier alpha value is -2.46. The molecule has 3 rings (SSSR count). The predicted molar refractivity (Wildman–Crippen MR) is 80.9 cm³/mol. The molecule has 0 aliphatic rings. The summed E-state index contributed by atoms with van der Waals surface area (Å²) in [5.41, 5.74) is 0.768. The quantitative estimate of drug-likeness (QED) is 0.797. The molecule has 106 valence electrons. The third kappa shape index (κ3) is 2.85. The fraction of sp³-hybridized carbons (Fsp3) is 0.176. The molecule has 0 saturated heterocycles. The molecule has 3 aromatic rings. The Labute approximate surface area is 123 Å². The zero-order valence-electron chi connectivity index (χ0n) is 11.7. The van der Waals surface area contributed by atoms with Gasteiger partial charge in [-0.1, -0.05) is 36.4 Å². The molecule has 4 heteroatoms. The minimum absolute atomic E-state index is 0.272. The number of aromatic nitrogens is 2. The van der Waals surface area contributed by atoms with E-state index in [1.54, 1.807) is 25.4 Å². The number of nitrogens with zero attached hydrogens (tertiary/aromatic N) is 2. The predicted octanol–water partition coefficient (Wildman–Crippen LogP) is 3.26. The highest BCUT2D eigenvalue weighted by Gasteiger charge is 2.13. The minimum Gasteiger partial charge on any atom is -0.485 e. The van der Waals surface area contributed by atoms with E-state index in [-0.39, 0.29) is 6.61 Å². The molecule has 0 aliphatic carbocycles. The van der Waals surface area contributed by atoms with Crippen LogP contribution in [0.25, 0.3) is 10.8 Å². The van der Waals surface area contributed by atoms with Crippen LogP contribution in [-0.4, -0.2) is 15.1 Å². The second-order valence-corrected chi connectivity index (χ2v) is 4.83. The Morgan fingerprint density at radius 3 is 2.57 bits per heavy atom. The molecule has 0 radical (unpaired) electrons. The van der Waals surface area contributed by atoms with Crippen molar-refractivity contribution in [1.29, 1.82) is 0 Å². The summed E-state index contributed by atoms with van der Waals surface area (Å²) in [5.74, 6) is 1.30. The lowest BCUT2D eigenvalue weighted by molar-refractivity contribution is 0.190. The highest BCUT2D eigenvalue weighted by molar-refractivity contribution is 5.89. The van der Waals surface area contributed by atoms with Crippen molar-refractivity contribution in [3.05, 3.63) is 66.2 Å². The van der Waals surface area contributed by atoms with Crippen molar-refractivity contribution in [3.8, 4) is 5.75 Å². The molecule has 4 nitrogen and oxygen atoms in total. The van der Waals surface area contributed by atoms with E-state index in [0.29, 0.717) is 11.6 Å². The van der Waals surface area contributed by atoms with Crippen molar-refractivity contribution in [2.75, 3.05) is 0 Å². The minimum atomic E-state index is -0.596. The van der Waals surface area contributed by atoms with Crippen LogP contribution in [0.4, 0.5) is 0 Å². The topological polar surface area (TPSA) is 55.2 Å². The first kappa shape index (κ1) is 13.5. The lowest BCUT2D eigenvalue weighted by Crippen LogP contribution is -2.04. The van der Waals surface area contributed by atoms with E-state index >= 15 is 0 Å². The van der Waals surface area contributed by atoms with Crippen molar-refractivity contribution < 1.29 is 9.84 Å². The maximum atomic E-state index is 9.95. The molecule has 0 bridgehead atoms. The second kappa shape index (κ2) is 5.89. The Bertz CT molecular complexity index is 742. The Morgan fingerprint density at radius 1 is 1.05 bits per heavy atom. The summed E-state index contributed by atoms with van der Waals surface area (Å²) < 4.78 is 5.91. The molecule has 21 heavy (non-hydrogen) atoms. The lowest BCUT2D eigenvalue weighted by Gasteiger charge is -2.15. The first-order valence-corrected chi connectivity index (χ1v) is 6.84. The van der Waals surface area contributed by atoms with Gasteiger partial charge in [0.05, 0.1) is 6.10 Å². The van der Waals surface area contributed by atoms with Gasteiger partial charge in [-0.2, -0.15) is 0 Å². The molecule has 0 fully saturated rings. The van der Waals surface area contributed by atoms with Gasteiger partial charge in [0.2, 0.25) is 0 Å². The molecule has 2 aromatic carbocycles. The number of hydrogen-bond donors (Lipinski definition) is 1. The molecule has 1 atom stereocenters. The smallest absolute Gasteiger partial charge is 0.166 e. The van der Waals surface area contributed by atoms with Crippen LogP contribution in [0.3, 0.4) is 0 Å². The average Bonchev–Trinajstić information content (AvgIpc) is 2.53. The van der Waals surface area contributed by atoms with Gasteiger partial charge >= 0.3 is 0 Å². The third-order valence-electron chi connectivity index (χ3n) is 3.32. The molecule has 1 N–H and O–H groups in total. The van der Waals surface area contributed by atoms with Crippen molar-refractivity contribution in [3.63, 3.8) is 0 Å². The average molecular weight is 280 g/mol. The van der Waals surface area contributed by atoms with E-state index < -0.39 is 6.10 Å². The van der Waals surface area contributed by atoms with E-state index in [1.165, 1.54) is 0 Å². The van der Waals surface area contributed by atoms with E-state index in [0.717, 1.165) is 16.3 Å². The molecule has 0 saturated carbocycles. The highest BCUT2D eigenvalue weighted by Crippen LogP contribution is 2.33. The van der Waals surface area contributed by atoms with Gasteiger partial charge in [-0.3, -0.25) is 0 Å². The summed E-state index contributed by atoms with van der Waals surface area (Å²) in [6.45, 7) is 2.00. The van der Waals surface area contributed by atoms with E-state index in [1.807, 2.05) is 36.4 Å². The molecule has 0 unspecified atom stereocenters. The third-order valence-corrected chi connectivity index (χ3v) is 3.32. The maximum Gasteiger partial charge on any atom is 0.166 e. The number of ether oxygens (including phenoxy) is 1. The van der Waals surface area contributed by atoms with Crippen molar-refractivity contribution in [1.82, 2.24) is 9.97 Å². The summed E-state index contributed by atoms with van der Waals surface area (Å²) in [7, 11) is 0. The van der Waals surface area contributed by atoms with E-state index in [2.05, 4.69) is 9.97 Å². The molecule has 1 heterocycles. The van der Waals surface area contributed by atoms with Gasteiger partial charge in [-0.05, 0) is 18.4 Å². The number of aliphatic hydroxyl groups is 1. The second-order valence-electron chi connectivity index (χ2n) is 4.83. The van der Waals surface area contributed by atoms with E-state index in [9.17, 15) is 5.11 Å². The molecule has 0 aliphatic heterocycles. The van der Waals surface area contributed by atoms with Crippen LogP contribution in [0.2, 0.25) is 0 Å². The summed E-state index contributed by atoms with van der Waals surface area (Å²) in [6.07, 6.45) is 2.77. The lowest BCUT2D eigenvalue weighted by atomic mass is 10.0. The zero-order chi connectivity index (χ0) is 14.7. The first-order chi connectivity index (χ1) is 10.3. The van der Waals surface area contributed by atoms with Crippen LogP contribution in [0.5, 0.6) is 5.75 Å². The monoisotopic (exact) mass is 280 g/mol. The van der Waals surface area contributed by atoms with Crippen LogP contribution in [0.1, 0.15) is 24.4 Å². The molecular weight excluding hydrogens is 264 g/mol. The van der Waals surface area contributed by atoms with Crippen LogP contribution in [0.15, 0.2) is 54.9 Å². The number of fused-ring (bicyclic) bond motifs is 1. The normalized spacial score (nSPS) is 12.3. The van der Waals surface area contributed by atoms with Crippen molar-refractivity contribution >= 4 is 10.8 Å². The Balaban J connectivity index is 2.00. The SMILES string of the molecule is C[C@@H](O)c1ccc2ccccc2c1OCc1ncccn1. The largest absolute Gasteiger partial charge is 0.485 e. The standard InChI is InChI=1S/C17H16N2O2/c1-12(20)14-8-7-13-5-2-3-6-15(13)17(14)21-11-16-18-9-4-10-19-16/h2-10,12,20H,11H2,1H3/t12-/m1/s1. The summed E-state index contributed by atoms with van der Waals surface area (Å²) >= 11 is 0. The maximum absolute atomic E-state index is 9.95. The molecular formula is C17H16N2O2. The molecule has 1 aromatic heterocycles. The zero-order valence-corrected chi connectivity index (χ0v) is 11.7. The van der Waals surface area contributed by atoms with Crippen LogP contribution < -0.4 is 4.74 Å². The molecule has 0 spiro atoms. The summed E-state index contributed by atoms with van der Waals surface area (Å²) in [4.78, 5) is 8.30.